The van der Waals surface area contributed by atoms with Crippen molar-refractivity contribution in [2.24, 2.45) is 0 Å². The molecule has 0 saturated carbocycles. The van der Waals surface area contributed by atoms with Gasteiger partial charge in [-0.05, 0) is 18.9 Å². The van der Waals surface area contributed by atoms with Gasteiger partial charge >= 0.3 is 0 Å². The van der Waals surface area contributed by atoms with Crippen LogP contribution in [0.25, 0.3) is 0 Å². The predicted molar refractivity (Wildman–Crippen MR) is 73.0 cm³/mol. The maximum atomic E-state index is 13.9. The van der Waals surface area contributed by atoms with Crippen LogP contribution in [0.15, 0.2) is 24.3 Å². The summed E-state index contributed by atoms with van der Waals surface area (Å²) in [5.74, 6) is -0.195. The third-order valence-corrected chi connectivity index (χ3v) is 3.70. The van der Waals surface area contributed by atoms with E-state index in [1.807, 2.05) is 11.0 Å². The van der Waals surface area contributed by atoms with Gasteiger partial charge in [0, 0.05) is 11.6 Å². The minimum atomic E-state index is -0.329. The second-order valence-corrected chi connectivity index (χ2v) is 4.96. The van der Waals surface area contributed by atoms with Crippen LogP contribution in [0.5, 0.6) is 0 Å². The number of nitrogens with zero attached hydrogens (tertiary/aromatic N) is 1. The zero-order chi connectivity index (χ0) is 13.8. The first-order valence-corrected chi connectivity index (χ1v) is 6.98. The third-order valence-electron chi connectivity index (χ3n) is 3.70. The van der Waals surface area contributed by atoms with E-state index >= 15 is 0 Å². The van der Waals surface area contributed by atoms with Crippen molar-refractivity contribution in [3.05, 3.63) is 35.6 Å². The van der Waals surface area contributed by atoms with Crippen LogP contribution in [0.1, 0.15) is 44.8 Å². The first-order valence-electron chi connectivity index (χ1n) is 6.98. The molecule has 1 amide bonds. The monoisotopic (exact) mass is 264 g/mol. The summed E-state index contributed by atoms with van der Waals surface area (Å²) in [5.41, 5.74) is 0.558. The molecule has 0 radical (unpaired) electrons. The summed E-state index contributed by atoms with van der Waals surface area (Å²) >= 11 is 0. The van der Waals surface area contributed by atoms with Gasteiger partial charge < -0.3 is 4.90 Å². The average molecular weight is 264 g/mol. The molecule has 1 N–H and O–H groups in total. The lowest BCUT2D eigenvalue weighted by atomic mass is 10.0. The van der Waals surface area contributed by atoms with Crippen molar-refractivity contribution in [3.63, 3.8) is 0 Å². The van der Waals surface area contributed by atoms with Gasteiger partial charge in [0.05, 0.1) is 6.54 Å². The molecule has 2 unspecified atom stereocenters. The SMILES string of the molecule is CCCC(CC)N1C(=O)CNC1c1ccccc1F. The Hall–Kier alpha value is -1.42. The van der Waals surface area contributed by atoms with Gasteiger partial charge in [-0.1, -0.05) is 38.5 Å². The molecule has 2 rings (SSSR count). The van der Waals surface area contributed by atoms with E-state index in [2.05, 4.69) is 19.2 Å². The van der Waals surface area contributed by atoms with Gasteiger partial charge in [-0.3, -0.25) is 10.1 Å². The maximum absolute atomic E-state index is 13.9. The molecule has 1 heterocycles. The summed E-state index contributed by atoms with van der Waals surface area (Å²) in [4.78, 5) is 13.9. The zero-order valence-corrected chi connectivity index (χ0v) is 11.5. The van der Waals surface area contributed by atoms with Gasteiger partial charge in [-0.2, -0.15) is 0 Å². The highest BCUT2D eigenvalue weighted by Crippen LogP contribution is 2.29. The Labute approximate surface area is 113 Å². The highest BCUT2D eigenvalue weighted by molar-refractivity contribution is 5.81. The lowest BCUT2D eigenvalue weighted by Crippen LogP contribution is -2.39. The molecule has 1 aliphatic rings. The number of carbonyl (C=O) groups is 1. The van der Waals surface area contributed by atoms with Gasteiger partial charge in [-0.15, -0.1) is 0 Å². The maximum Gasteiger partial charge on any atom is 0.238 e. The van der Waals surface area contributed by atoms with E-state index in [1.54, 1.807) is 12.1 Å². The van der Waals surface area contributed by atoms with Crippen LogP contribution in [0.2, 0.25) is 0 Å². The molecule has 104 valence electrons. The van der Waals surface area contributed by atoms with Gasteiger partial charge in [0.2, 0.25) is 5.91 Å². The fraction of sp³-hybridized carbons (Fsp3) is 0.533. The fourth-order valence-corrected chi connectivity index (χ4v) is 2.76. The van der Waals surface area contributed by atoms with Crippen LogP contribution in [-0.4, -0.2) is 23.4 Å². The molecule has 1 saturated heterocycles. The van der Waals surface area contributed by atoms with Crippen LogP contribution in [0.4, 0.5) is 4.39 Å². The van der Waals surface area contributed by atoms with Crippen LogP contribution in [-0.2, 0) is 4.79 Å². The molecule has 1 aromatic rings. The summed E-state index contributed by atoms with van der Waals surface area (Å²) in [6.45, 7) is 4.47. The number of halogens is 1. The zero-order valence-electron chi connectivity index (χ0n) is 11.5. The Morgan fingerprint density at radius 3 is 2.79 bits per heavy atom. The molecule has 0 bridgehead atoms. The number of hydrogen-bond acceptors (Lipinski definition) is 2. The molecule has 1 fully saturated rings. The minimum Gasteiger partial charge on any atom is -0.319 e. The van der Waals surface area contributed by atoms with Gasteiger partial charge in [-0.25, -0.2) is 4.39 Å². The van der Waals surface area contributed by atoms with E-state index in [4.69, 9.17) is 0 Å². The Bertz CT molecular complexity index is 450. The smallest absolute Gasteiger partial charge is 0.238 e. The standard InChI is InChI=1S/C15H21FN2O/c1-3-7-11(4-2)18-14(19)10-17-15(18)12-8-5-6-9-13(12)16/h5-6,8-9,11,15,17H,3-4,7,10H2,1-2H3. The number of amides is 1. The molecule has 1 aromatic carbocycles. The quantitative estimate of drug-likeness (QED) is 0.887. The summed E-state index contributed by atoms with van der Waals surface area (Å²) < 4.78 is 13.9. The molecule has 0 spiro atoms. The summed E-state index contributed by atoms with van der Waals surface area (Å²) in [6.07, 6.45) is 2.54. The van der Waals surface area contributed by atoms with Crippen molar-refractivity contribution in [3.8, 4) is 0 Å². The number of carbonyl (C=O) groups excluding carboxylic acids is 1. The van der Waals surface area contributed by atoms with E-state index in [0.29, 0.717) is 12.1 Å². The highest BCUT2D eigenvalue weighted by atomic mass is 19.1. The summed E-state index contributed by atoms with van der Waals surface area (Å²) in [5, 5.41) is 3.12. The van der Waals surface area contributed by atoms with Crippen molar-refractivity contribution < 1.29 is 9.18 Å². The van der Waals surface area contributed by atoms with Gasteiger partial charge in [0.25, 0.3) is 0 Å². The first kappa shape index (κ1) is 14.0. The molecule has 0 aliphatic carbocycles. The predicted octanol–water partition coefficient (Wildman–Crippen LogP) is 2.83. The summed E-state index contributed by atoms with van der Waals surface area (Å²) in [7, 11) is 0. The topological polar surface area (TPSA) is 32.3 Å². The van der Waals surface area contributed by atoms with E-state index in [9.17, 15) is 9.18 Å². The van der Waals surface area contributed by atoms with Crippen molar-refractivity contribution in [2.75, 3.05) is 6.54 Å². The van der Waals surface area contributed by atoms with Crippen molar-refractivity contribution in [1.29, 1.82) is 0 Å². The normalized spacial score (nSPS) is 20.9. The van der Waals surface area contributed by atoms with E-state index in [1.165, 1.54) is 6.07 Å². The van der Waals surface area contributed by atoms with Crippen molar-refractivity contribution >= 4 is 5.91 Å². The largest absolute Gasteiger partial charge is 0.319 e. The number of nitrogens with one attached hydrogen (secondary N) is 1. The van der Waals surface area contributed by atoms with Crippen LogP contribution < -0.4 is 5.32 Å². The van der Waals surface area contributed by atoms with Crippen LogP contribution >= 0.6 is 0 Å². The Morgan fingerprint density at radius 1 is 1.42 bits per heavy atom. The number of rotatable bonds is 5. The van der Waals surface area contributed by atoms with Gasteiger partial charge in [0.15, 0.2) is 0 Å². The minimum absolute atomic E-state index is 0.0635. The molecular formula is C15H21FN2O. The first-order chi connectivity index (χ1) is 9.19. The van der Waals surface area contributed by atoms with E-state index in [0.717, 1.165) is 19.3 Å². The molecule has 2 atom stereocenters. The van der Waals surface area contributed by atoms with Crippen molar-refractivity contribution in [1.82, 2.24) is 10.2 Å². The Morgan fingerprint density at radius 2 is 2.16 bits per heavy atom. The fourth-order valence-electron chi connectivity index (χ4n) is 2.76. The summed E-state index contributed by atoms with van der Waals surface area (Å²) in [6, 6.07) is 6.85. The molecule has 0 aromatic heterocycles. The number of benzene rings is 1. The lowest BCUT2D eigenvalue weighted by molar-refractivity contribution is -0.130. The Kier molecular flexibility index (Phi) is 4.53. The molecule has 3 nitrogen and oxygen atoms in total. The van der Waals surface area contributed by atoms with E-state index in [-0.39, 0.29) is 23.9 Å². The molecule has 19 heavy (non-hydrogen) atoms. The van der Waals surface area contributed by atoms with Gasteiger partial charge in [0.1, 0.15) is 12.0 Å². The average Bonchev–Trinajstić information content (AvgIpc) is 2.78. The van der Waals surface area contributed by atoms with E-state index < -0.39 is 0 Å². The second kappa shape index (κ2) is 6.15. The number of hydrogen-bond donors (Lipinski definition) is 1. The lowest BCUT2D eigenvalue weighted by Gasteiger charge is -2.32. The third kappa shape index (κ3) is 2.78. The molecule has 4 heteroatoms. The second-order valence-electron chi connectivity index (χ2n) is 4.96. The highest BCUT2D eigenvalue weighted by Gasteiger charge is 2.36. The van der Waals surface area contributed by atoms with Crippen LogP contribution in [0.3, 0.4) is 0 Å². The molecular weight excluding hydrogens is 243 g/mol. The Balaban J connectivity index is 2.29. The van der Waals surface area contributed by atoms with Crippen molar-refractivity contribution in [2.45, 2.75) is 45.3 Å². The van der Waals surface area contributed by atoms with Crippen LogP contribution in [0, 0.1) is 5.82 Å². The molecule has 1 aliphatic heterocycles.